The van der Waals surface area contributed by atoms with E-state index >= 15 is 0 Å². The van der Waals surface area contributed by atoms with Crippen LogP contribution in [0.5, 0.6) is 11.5 Å². The predicted octanol–water partition coefficient (Wildman–Crippen LogP) is 3.37. The van der Waals surface area contributed by atoms with E-state index in [9.17, 15) is 0 Å². The van der Waals surface area contributed by atoms with Crippen molar-refractivity contribution < 1.29 is 9.47 Å². The van der Waals surface area contributed by atoms with E-state index < -0.39 is 0 Å². The molecule has 0 atom stereocenters. The number of rotatable bonds is 8. The number of pyridine rings is 1. The zero-order chi connectivity index (χ0) is 19.8. The van der Waals surface area contributed by atoms with Crippen molar-refractivity contribution in [1.82, 2.24) is 19.9 Å². The summed E-state index contributed by atoms with van der Waals surface area (Å²) < 4.78 is 13.0. The summed E-state index contributed by atoms with van der Waals surface area (Å²) in [7, 11) is 1.63. The lowest BCUT2D eigenvalue weighted by Gasteiger charge is -2.14. The monoisotopic (exact) mass is 510 g/mol. The lowest BCUT2D eigenvalue weighted by molar-refractivity contribution is 0.311. The number of fused-ring (bicyclic) bond motifs is 1. The highest BCUT2D eigenvalue weighted by Gasteiger charge is 2.08. The van der Waals surface area contributed by atoms with E-state index in [1.54, 1.807) is 7.11 Å². The van der Waals surface area contributed by atoms with Gasteiger partial charge in [0, 0.05) is 37.5 Å². The molecule has 0 saturated heterocycles. The largest absolute Gasteiger partial charge is 0.493 e. The second-order valence-corrected chi connectivity index (χ2v) is 5.98. The van der Waals surface area contributed by atoms with Crippen LogP contribution in [0.3, 0.4) is 0 Å². The van der Waals surface area contributed by atoms with Crippen LogP contribution in [-0.4, -0.2) is 47.4 Å². The SMILES string of the molecule is CCNC(=NCCc1nnc2ccccn12)Nc1ccc(OC)c(OCC)c1.I. The topological polar surface area (TPSA) is 85.1 Å². The third-order valence-electron chi connectivity index (χ3n) is 4.06. The molecule has 0 fully saturated rings. The number of methoxy groups -OCH3 is 1. The van der Waals surface area contributed by atoms with Gasteiger partial charge < -0.3 is 20.1 Å². The molecule has 0 bridgehead atoms. The summed E-state index contributed by atoms with van der Waals surface area (Å²) in [6, 6.07) is 11.6. The molecule has 0 aliphatic rings. The summed E-state index contributed by atoms with van der Waals surface area (Å²) in [5, 5.41) is 15.0. The third-order valence-corrected chi connectivity index (χ3v) is 4.06. The average Bonchev–Trinajstić information content (AvgIpc) is 3.12. The Labute approximate surface area is 187 Å². The van der Waals surface area contributed by atoms with Gasteiger partial charge in [-0.1, -0.05) is 6.07 Å². The standard InChI is InChI=1S/C20H26N6O2.HI/c1-4-21-20(23-15-9-10-16(27-3)17(14-15)28-5-2)22-12-11-19-25-24-18-8-6-7-13-26(18)19;/h6-10,13-14H,4-5,11-12H2,1-3H3,(H2,21,22,23);1H. The number of ether oxygens (including phenoxy) is 2. The van der Waals surface area contributed by atoms with E-state index in [4.69, 9.17) is 9.47 Å². The maximum absolute atomic E-state index is 5.64. The van der Waals surface area contributed by atoms with Gasteiger partial charge in [-0.3, -0.25) is 9.39 Å². The van der Waals surface area contributed by atoms with Crippen molar-refractivity contribution in [1.29, 1.82) is 0 Å². The Balaban J connectivity index is 0.00000300. The highest BCUT2D eigenvalue weighted by molar-refractivity contribution is 14.0. The molecule has 156 valence electrons. The summed E-state index contributed by atoms with van der Waals surface area (Å²) in [6.07, 6.45) is 2.65. The number of nitrogens with zero attached hydrogens (tertiary/aromatic N) is 4. The van der Waals surface area contributed by atoms with Crippen molar-refractivity contribution in [2.75, 3.05) is 32.1 Å². The molecular weight excluding hydrogens is 483 g/mol. The van der Waals surface area contributed by atoms with E-state index in [0.717, 1.165) is 23.7 Å². The first-order valence-electron chi connectivity index (χ1n) is 9.40. The molecular formula is C20H27IN6O2. The maximum Gasteiger partial charge on any atom is 0.195 e. The van der Waals surface area contributed by atoms with Crippen LogP contribution in [-0.2, 0) is 6.42 Å². The van der Waals surface area contributed by atoms with Crippen molar-refractivity contribution in [3.8, 4) is 11.5 Å². The van der Waals surface area contributed by atoms with Crippen molar-refractivity contribution in [2.45, 2.75) is 20.3 Å². The van der Waals surface area contributed by atoms with Gasteiger partial charge in [0.1, 0.15) is 5.82 Å². The molecule has 29 heavy (non-hydrogen) atoms. The van der Waals surface area contributed by atoms with Crippen molar-refractivity contribution >= 4 is 41.3 Å². The first-order chi connectivity index (χ1) is 13.7. The fraction of sp³-hybridized carbons (Fsp3) is 0.350. The Kier molecular flexibility index (Phi) is 8.97. The number of halogens is 1. The van der Waals surface area contributed by atoms with E-state index in [1.807, 2.05) is 60.8 Å². The molecule has 8 nitrogen and oxygen atoms in total. The van der Waals surface area contributed by atoms with Gasteiger partial charge in [0.25, 0.3) is 0 Å². The quantitative estimate of drug-likeness (QED) is 0.275. The zero-order valence-electron chi connectivity index (χ0n) is 16.9. The number of benzene rings is 1. The Morgan fingerprint density at radius 3 is 2.76 bits per heavy atom. The Bertz CT molecular complexity index is 944. The van der Waals surface area contributed by atoms with Crippen LogP contribution < -0.4 is 20.1 Å². The molecule has 0 aliphatic carbocycles. The maximum atomic E-state index is 5.64. The second-order valence-electron chi connectivity index (χ2n) is 5.98. The van der Waals surface area contributed by atoms with E-state index in [0.29, 0.717) is 37.0 Å². The summed E-state index contributed by atoms with van der Waals surface area (Å²) >= 11 is 0. The number of hydrogen-bond acceptors (Lipinski definition) is 5. The fourth-order valence-corrected chi connectivity index (χ4v) is 2.80. The summed E-state index contributed by atoms with van der Waals surface area (Å²) in [5.41, 5.74) is 1.71. The number of hydrogen-bond donors (Lipinski definition) is 2. The van der Waals surface area contributed by atoms with Gasteiger partial charge in [-0.15, -0.1) is 34.2 Å². The molecule has 0 unspecified atom stereocenters. The van der Waals surface area contributed by atoms with Crippen LogP contribution in [0.15, 0.2) is 47.6 Å². The normalized spacial score (nSPS) is 11.1. The highest BCUT2D eigenvalue weighted by atomic mass is 127. The minimum Gasteiger partial charge on any atom is -0.493 e. The van der Waals surface area contributed by atoms with Gasteiger partial charge in [-0.2, -0.15) is 0 Å². The predicted molar refractivity (Wildman–Crippen MR) is 126 cm³/mol. The van der Waals surface area contributed by atoms with Crippen LogP contribution >= 0.6 is 24.0 Å². The Hall–Kier alpha value is -2.56. The minimum atomic E-state index is 0. The zero-order valence-corrected chi connectivity index (χ0v) is 19.2. The molecule has 0 saturated carbocycles. The molecule has 3 aromatic rings. The molecule has 2 heterocycles. The number of aliphatic imine (C=N–C) groups is 1. The smallest absolute Gasteiger partial charge is 0.195 e. The summed E-state index contributed by atoms with van der Waals surface area (Å²) in [6.45, 7) is 5.88. The number of nitrogens with one attached hydrogen (secondary N) is 2. The summed E-state index contributed by atoms with van der Waals surface area (Å²) in [5.74, 6) is 2.98. The van der Waals surface area contributed by atoms with E-state index in [1.165, 1.54) is 0 Å². The average molecular weight is 510 g/mol. The van der Waals surface area contributed by atoms with Crippen molar-refractivity contribution in [2.24, 2.45) is 4.99 Å². The molecule has 0 aliphatic heterocycles. The van der Waals surface area contributed by atoms with Gasteiger partial charge in [-0.05, 0) is 38.1 Å². The molecule has 0 spiro atoms. The lowest BCUT2D eigenvalue weighted by Crippen LogP contribution is -2.31. The molecule has 1 aromatic carbocycles. The Morgan fingerprint density at radius 2 is 2.00 bits per heavy atom. The van der Waals surface area contributed by atoms with Crippen LogP contribution in [0.1, 0.15) is 19.7 Å². The first-order valence-corrected chi connectivity index (χ1v) is 9.40. The van der Waals surface area contributed by atoms with Crippen molar-refractivity contribution in [3.63, 3.8) is 0 Å². The second kappa shape index (κ2) is 11.4. The van der Waals surface area contributed by atoms with Gasteiger partial charge in [-0.25, -0.2) is 0 Å². The van der Waals surface area contributed by atoms with Crippen LogP contribution in [0.25, 0.3) is 5.65 Å². The first kappa shape index (κ1) is 22.7. The highest BCUT2D eigenvalue weighted by Crippen LogP contribution is 2.30. The van der Waals surface area contributed by atoms with Crippen LogP contribution in [0.4, 0.5) is 5.69 Å². The fourth-order valence-electron chi connectivity index (χ4n) is 2.80. The van der Waals surface area contributed by atoms with Crippen LogP contribution in [0, 0.1) is 0 Å². The molecule has 0 radical (unpaired) electrons. The van der Waals surface area contributed by atoms with E-state index in [2.05, 4.69) is 25.8 Å². The lowest BCUT2D eigenvalue weighted by atomic mass is 10.2. The molecule has 2 N–H and O–H groups in total. The van der Waals surface area contributed by atoms with Gasteiger partial charge >= 0.3 is 0 Å². The molecule has 2 aromatic heterocycles. The molecule has 3 rings (SSSR count). The Morgan fingerprint density at radius 1 is 1.14 bits per heavy atom. The number of aromatic nitrogens is 3. The van der Waals surface area contributed by atoms with Crippen LogP contribution in [0.2, 0.25) is 0 Å². The van der Waals surface area contributed by atoms with E-state index in [-0.39, 0.29) is 24.0 Å². The molecule has 0 amide bonds. The minimum absolute atomic E-state index is 0. The number of anilines is 1. The van der Waals surface area contributed by atoms with Crippen molar-refractivity contribution in [3.05, 3.63) is 48.4 Å². The van der Waals surface area contributed by atoms with Gasteiger partial charge in [0.2, 0.25) is 0 Å². The molecule has 9 heteroatoms. The van der Waals surface area contributed by atoms with Gasteiger partial charge in [0.05, 0.1) is 13.7 Å². The summed E-state index contributed by atoms with van der Waals surface area (Å²) in [4.78, 5) is 4.65. The third kappa shape index (κ3) is 5.96. The number of guanidine groups is 1. The van der Waals surface area contributed by atoms with Gasteiger partial charge in [0.15, 0.2) is 23.1 Å².